The number of hydrogen-bond donors (Lipinski definition) is 2. The van der Waals surface area contributed by atoms with Gasteiger partial charge in [0.05, 0.1) is 5.69 Å². The van der Waals surface area contributed by atoms with Crippen molar-refractivity contribution >= 4 is 11.8 Å². The molecule has 0 aromatic heterocycles. The predicted octanol–water partition coefficient (Wildman–Crippen LogP) is 1.23. The normalized spacial score (nSPS) is 13.7. The second-order valence-electron chi connectivity index (χ2n) is 2.64. The van der Waals surface area contributed by atoms with Gasteiger partial charge in [-0.05, 0) is 12.1 Å². The highest BCUT2D eigenvalue weighted by Crippen LogP contribution is 2.36. The number of phenols is 1. The number of carbonyl (C=O) groups is 1. The molecular weight excluding hydrogens is 174 g/mol. The molecule has 0 radical (unpaired) electrons. The second-order valence-corrected chi connectivity index (χ2v) is 2.64. The number of phenolic OH excluding ortho intramolecular Hbond substituents is 1. The van der Waals surface area contributed by atoms with E-state index in [9.17, 15) is 4.79 Å². The molecule has 1 aromatic rings. The Morgan fingerprint density at radius 2 is 2.31 bits per heavy atom. The van der Waals surface area contributed by atoms with Crippen molar-refractivity contribution in [1.82, 2.24) is 0 Å². The summed E-state index contributed by atoms with van der Waals surface area (Å²) in [6.07, 6.45) is -1.09. The van der Waals surface area contributed by atoms with E-state index in [4.69, 9.17) is 14.9 Å². The maximum Gasteiger partial charge on any atom is 0.414 e. The van der Waals surface area contributed by atoms with Gasteiger partial charge in [0, 0.05) is 6.07 Å². The highest BCUT2D eigenvalue weighted by atomic mass is 16.5. The van der Waals surface area contributed by atoms with E-state index >= 15 is 0 Å². The third-order valence-corrected chi connectivity index (χ3v) is 1.81. The largest absolute Gasteiger partial charge is 0.508 e. The first-order valence-electron chi connectivity index (χ1n) is 3.65. The van der Waals surface area contributed by atoms with Crippen LogP contribution in [0.25, 0.3) is 0 Å². The molecule has 1 aromatic carbocycles. The molecule has 0 fully saturated rings. The average Bonchev–Trinajstić information content (AvgIpc) is 2.46. The van der Waals surface area contributed by atoms with Gasteiger partial charge in [-0.15, -0.1) is 0 Å². The third-order valence-electron chi connectivity index (χ3n) is 1.81. The first-order chi connectivity index (χ1) is 6.18. The van der Waals surface area contributed by atoms with Crippen molar-refractivity contribution in [3.8, 4) is 11.5 Å². The molecule has 0 unspecified atom stereocenters. The SMILES string of the molecule is O=C(O)N1COc2ccc(O)cc21. The first kappa shape index (κ1) is 7.72. The van der Waals surface area contributed by atoms with Crippen molar-refractivity contribution in [1.29, 1.82) is 0 Å². The fraction of sp³-hybridized carbons (Fsp3) is 0.125. The van der Waals surface area contributed by atoms with Crippen LogP contribution in [-0.2, 0) is 0 Å². The van der Waals surface area contributed by atoms with Crippen LogP contribution in [0.15, 0.2) is 18.2 Å². The van der Waals surface area contributed by atoms with E-state index in [1.165, 1.54) is 18.2 Å². The highest BCUT2D eigenvalue weighted by molar-refractivity contribution is 5.89. The number of aromatic hydroxyl groups is 1. The molecule has 0 bridgehead atoms. The second kappa shape index (κ2) is 2.55. The lowest BCUT2D eigenvalue weighted by atomic mass is 10.3. The monoisotopic (exact) mass is 181 g/mol. The standard InChI is InChI=1S/C8H7NO4/c10-5-1-2-7-6(3-5)9(4-13-7)8(11)12/h1-3,10H,4H2,(H,11,12). The summed E-state index contributed by atoms with van der Waals surface area (Å²) in [7, 11) is 0. The average molecular weight is 181 g/mol. The molecule has 0 atom stereocenters. The van der Waals surface area contributed by atoms with Crippen LogP contribution in [0.2, 0.25) is 0 Å². The van der Waals surface area contributed by atoms with E-state index in [2.05, 4.69) is 0 Å². The van der Waals surface area contributed by atoms with Crippen LogP contribution < -0.4 is 9.64 Å². The fourth-order valence-electron chi connectivity index (χ4n) is 1.20. The van der Waals surface area contributed by atoms with Gasteiger partial charge < -0.3 is 14.9 Å². The number of rotatable bonds is 0. The summed E-state index contributed by atoms with van der Waals surface area (Å²) in [5, 5.41) is 17.8. The van der Waals surface area contributed by atoms with E-state index in [0.29, 0.717) is 11.4 Å². The van der Waals surface area contributed by atoms with Crippen molar-refractivity contribution in [2.75, 3.05) is 11.6 Å². The Kier molecular flexibility index (Phi) is 1.51. The molecule has 5 nitrogen and oxygen atoms in total. The van der Waals surface area contributed by atoms with Gasteiger partial charge in [-0.2, -0.15) is 0 Å². The van der Waals surface area contributed by atoms with Gasteiger partial charge in [0.25, 0.3) is 0 Å². The van der Waals surface area contributed by atoms with Crippen LogP contribution in [-0.4, -0.2) is 23.0 Å². The van der Waals surface area contributed by atoms with Crippen LogP contribution in [0.1, 0.15) is 0 Å². The lowest BCUT2D eigenvalue weighted by Gasteiger charge is -2.08. The van der Waals surface area contributed by atoms with Crippen molar-refractivity contribution in [3.05, 3.63) is 18.2 Å². The van der Waals surface area contributed by atoms with Gasteiger partial charge >= 0.3 is 6.09 Å². The van der Waals surface area contributed by atoms with Crippen LogP contribution in [0.4, 0.5) is 10.5 Å². The molecular formula is C8H7NO4. The van der Waals surface area contributed by atoms with Crippen molar-refractivity contribution in [3.63, 3.8) is 0 Å². The summed E-state index contributed by atoms with van der Waals surface area (Å²) in [6, 6.07) is 4.34. The minimum absolute atomic E-state index is 0.0197. The van der Waals surface area contributed by atoms with Gasteiger partial charge in [-0.1, -0.05) is 0 Å². The molecule has 13 heavy (non-hydrogen) atoms. The summed E-state index contributed by atoms with van der Waals surface area (Å²) < 4.78 is 5.06. The summed E-state index contributed by atoms with van der Waals surface area (Å²) in [5.74, 6) is 0.496. The molecule has 0 saturated heterocycles. The number of carboxylic acid groups (broad SMARTS) is 1. The molecule has 2 rings (SSSR count). The van der Waals surface area contributed by atoms with Gasteiger partial charge in [-0.3, -0.25) is 0 Å². The summed E-state index contributed by atoms with van der Waals surface area (Å²) in [6.45, 7) is -0.0197. The predicted molar refractivity (Wildman–Crippen MR) is 44.1 cm³/mol. The molecule has 1 aliphatic rings. The third kappa shape index (κ3) is 1.14. The molecule has 2 N–H and O–H groups in total. The number of hydrogen-bond acceptors (Lipinski definition) is 3. The zero-order valence-corrected chi connectivity index (χ0v) is 6.60. The fourth-order valence-corrected chi connectivity index (χ4v) is 1.20. The molecule has 0 saturated carbocycles. The lowest BCUT2D eigenvalue weighted by Crippen LogP contribution is -2.27. The van der Waals surface area contributed by atoms with Crippen LogP contribution >= 0.6 is 0 Å². The van der Waals surface area contributed by atoms with Crippen LogP contribution in [0.5, 0.6) is 11.5 Å². The summed E-state index contributed by atoms with van der Waals surface area (Å²) in [5.41, 5.74) is 0.382. The van der Waals surface area contributed by atoms with Crippen LogP contribution in [0, 0.1) is 0 Å². The zero-order chi connectivity index (χ0) is 9.42. The molecule has 0 aliphatic carbocycles. The molecule has 1 heterocycles. The Balaban J connectivity index is 2.46. The summed E-state index contributed by atoms with van der Waals surface area (Å²) in [4.78, 5) is 11.7. The van der Waals surface area contributed by atoms with Gasteiger partial charge in [0.1, 0.15) is 11.5 Å². The Labute approximate surface area is 73.8 Å². The molecule has 0 spiro atoms. The molecule has 1 amide bonds. The van der Waals surface area contributed by atoms with Gasteiger partial charge in [-0.25, -0.2) is 9.69 Å². The van der Waals surface area contributed by atoms with Crippen LogP contribution in [0.3, 0.4) is 0 Å². The smallest absolute Gasteiger partial charge is 0.414 e. The molecule has 1 aliphatic heterocycles. The Morgan fingerprint density at radius 1 is 1.54 bits per heavy atom. The number of ether oxygens (including phenoxy) is 1. The minimum atomic E-state index is -1.09. The molecule has 5 heteroatoms. The lowest BCUT2D eigenvalue weighted by molar-refractivity contribution is 0.197. The zero-order valence-electron chi connectivity index (χ0n) is 6.60. The van der Waals surface area contributed by atoms with E-state index in [1.807, 2.05) is 0 Å². The number of benzene rings is 1. The van der Waals surface area contributed by atoms with Crippen molar-refractivity contribution < 1.29 is 19.7 Å². The Bertz CT molecular complexity index is 363. The first-order valence-corrected chi connectivity index (χ1v) is 3.65. The van der Waals surface area contributed by atoms with E-state index in [-0.39, 0.29) is 12.5 Å². The molecule has 68 valence electrons. The Hall–Kier alpha value is -1.91. The minimum Gasteiger partial charge on any atom is -0.508 e. The maximum atomic E-state index is 10.6. The number of nitrogens with zero attached hydrogens (tertiary/aromatic N) is 1. The van der Waals surface area contributed by atoms with Gasteiger partial charge in [0.15, 0.2) is 6.73 Å². The Morgan fingerprint density at radius 3 is 3.00 bits per heavy atom. The topological polar surface area (TPSA) is 70.0 Å². The highest BCUT2D eigenvalue weighted by Gasteiger charge is 2.25. The number of amides is 1. The van der Waals surface area contributed by atoms with Gasteiger partial charge in [0.2, 0.25) is 0 Å². The van der Waals surface area contributed by atoms with E-state index in [0.717, 1.165) is 4.90 Å². The van der Waals surface area contributed by atoms with E-state index in [1.54, 1.807) is 0 Å². The maximum absolute atomic E-state index is 10.6. The number of anilines is 1. The number of fused-ring (bicyclic) bond motifs is 1. The van der Waals surface area contributed by atoms with Crippen molar-refractivity contribution in [2.24, 2.45) is 0 Å². The summed E-state index contributed by atoms with van der Waals surface area (Å²) >= 11 is 0. The van der Waals surface area contributed by atoms with Crippen molar-refractivity contribution in [2.45, 2.75) is 0 Å². The quantitative estimate of drug-likeness (QED) is 0.631. The van der Waals surface area contributed by atoms with E-state index < -0.39 is 6.09 Å².